The minimum Gasteiger partial charge on any atom is -0.379 e. The summed E-state index contributed by atoms with van der Waals surface area (Å²) >= 11 is 3.28. The van der Waals surface area contributed by atoms with E-state index >= 15 is 0 Å². The van der Waals surface area contributed by atoms with Gasteiger partial charge in [-0.25, -0.2) is 9.97 Å². The molecule has 0 radical (unpaired) electrons. The summed E-state index contributed by atoms with van der Waals surface area (Å²) in [4.78, 5) is 150. The summed E-state index contributed by atoms with van der Waals surface area (Å²) in [5, 5.41) is 14.4. The van der Waals surface area contributed by atoms with Gasteiger partial charge in [0.2, 0.25) is 29.5 Å². The summed E-state index contributed by atoms with van der Waals surface area (Å²) in [6.45, 7) is 13.1. The number of likely N-dealkylation sites (N-methyl/N-ethyl adjacent to an activating group) is 2. The molecule has 1 aromatic heterocycles. The quantitative estimate of drug-likeness (QED) is 0.0254. The van der Waals surface area contributed by atoms with Gasteiger partial charge in [0.25, 0.3) is 5.91 Å². The lowest BCUT2D eigenvalue weighted by Crippen LogP contribution is -2.54. The molecule has 9 atom stereocenters. The van der Waals surface area contributed by atoms with Crippen molar-refractivity contribution in [2.75, 3.05) is 80.6 Å². The first-order valence-corrected chi connectivity index (χ1v) is 34.8. The first-order chi connectivity index (χ1) is 44.2. The number of nitrogens with zero attached hydrogens (tertiary/aromatic N) is 8. The molecule has 2 heterocycles. The number of rotatable bonds is 42. The molecule has 2 aromatic carbocycles. The Morgan fingerprint density at radius 1 is 0.742 bits per heavy atom. The maximum absolute atomic E-state index is 14.5. The molecule has 4 rings (SSSR count). The van der Waals surface area contributed by atoms with Crippen molar-refractivity contribution in [1.29, 1.82) is 0 Å². The molecule has 0 spiro atoms. The number of ketones is 4. The third-order valence-corrected chi connectivity index (χ3v) is 18.4. The van der Waals surface area contributed by atoms with E-state index in [0.29, 0.717) is 53.7 Å². The van der Waals surface area contributed by atoms with E-state index in [-0.39, 0.29) is 136 Å². The molecule has 1 aliphatic heterocycles. The zero-order valence-corrected chi connectivity index (χ0v) is 58.5. The number of benzene rings is 2. The van der Waals surface area contributed by atoms with Crippen molar-refractivity contribution >= 4 is 93.1 Å². The van der Waals surface area contributed by atoms with Gasteiger partial charge in [-0.05, 0) is 98.5 Å². The summed E-state index contributed by atoms with van der Waals surface area (Å²) in [5.74, 6) is -3.41. The fourth-order valence-electron chi connectivity index (χ4n) is 12.1. The average Bonchev–Trinajstić information content (AvgIpc) is 1.65. The number of fused-ring (bicyclic) bond motifs is 1. The first kappa shape index (κ1) is 78.6. The van der Waals surface area contributed by atoms with Gasteiger partial charge in [0, 0.05) is 107 Å². The highest BCUT2D eigenvalue weighted by atomic mass is 32.2. The van der Waals surface area contributed by atoms with Crippen molar-refractivity contribution < 1.29 is 57.4 Å². The number of ether oxygens (including phenoxy) is 2. The molecule has 1 fully saturated rings. The SMILES string of the molecule is CC[C@H](C)[C@@H]([C@@H](CC(=O)N1CCC[C@H]1[C@H](OC)[C@@H](C)C(=O)N[C@H](CN=[N+]=[N-])Cc1ccc(CC(=O)CNC(=O)CCC(=O)CNC(=O)CCC(=O)CNC(=O)c2ccc3nc(CSC)c(CSC)nc3c2)cc1)OC)N(C)C(=O)[C@@H](CC(=O)[C@H](C(C)C)N(C)C)C(C)C. The Morgan fingerprint density at radius 2 is 1.32 bits per heavy atom. The second kappa shape index (κ2) is 39.8. The Labute approximate surface area is 557 Å². The van der Waals surface area contributed by atoms with Gasteiger partial charge in [-0.3, -0.25) is 52.8 Å². The number of hydrogen-bond acceptors (Lipinski definition) is 18. The number of azide groups is 1. The van der Waals surface area contributed by atoms with Gasteiger partial charge in [0.15, 0.2) is 23.1 Å². The smallest absolute Gasteiger partial charge is 0.251 e. The highest BCUT2D eigenvalue weighted by molar-refractivity contribution is 7.98. The van der Waals surface area contributed by atoms with Gasteiger partial charge < -0.3 is 40.5 Å². The van der Waals surface area contributed by atoms with Crippen LogP contribution in [-0.2, 0) is 77.0 Å². The van der Waals surface area contributed by atoms with Gasteiger partial charge in [-0.15, -0.1) is 0 Å². The Kier molecular flexibility index (Phi) is 33.6. The lowest BCUT2D eigenvalue weighted by Gasteiger charge is -2.41. The largest absolute Gasteiger partial charge is 0.379 e. The molecule has 512 valence electrons. The van der Waals surface area contributed by atoms with Crippen LogP contribution >= 0.6 is 23.5 Å². The van der Waals surface area contributed by atoms with Crippen molar-refractivity contribution in [2.45, 2.75) is 167 Å². The predicted octanol–water partition coefficient (Wildman–Crippen LogP) is 6.90. The maximum Gasteiger partial charge on any atom is 0.251 e. The van der Waals surface area contributed by atoms with Gasteiger partial charge in [0.1, 0.15) is 0 Å². The van der Waals surface area contributed by atoms with E-state index in [1.807, 2.05) is 73.0 Å². The highest BCUT2D eigenvalue weighted by Gasteiger charge is 2.43. The van der Waals surface area contributed by atoms with E-state index in [9.17, 15) is 53.5 Å². The van der Waals surface area contributed by atoms with Crippen LogP contribution in [0.4, 0.5) is 0 Å². The summed E-state index contributed by atoms with van der Waals surface area (Å²) in [6.07, 6.45) is 4.10. The summed E-state index contributed by atoms with van der Waals surface area (Å²) in [5.41, 5.74) is 14.0. The number of carbonyl (C=O) groups excluding carboxylic acids is 10. The Bertz CT molecular complexity index is 3080. The second-order valence-corrected chi connectivity index (χ2v) is 26.8. The highest BCUT2D eigenvalue weighted by Crippen LogP contribution is 2.32. The number of aromatic nitrogens is 2. The normalized spacial score (nSPS) is 15.7. The van der Waals surface area contributed by atoms with Gasteiger partial charge in [0.05, 0.1) is 84.7 Å². The maximum atomic E-state index is 14.5. The van der Waals surface area contributed by atoms with Gasteiger partial charge >= 0.3 is 0 Å². The van der Waals surface area contributed by atoms with Crippen LogP contribution in [0, 0.1) is 29.6 Å². The minimum absolute atomic E-state index is 0.00563. The van der Waals surface area contributed by atoms with Gasteiger partial charge in [-0.1, -0.05) is 84.3 Å². The molecule has 24 nitrogen and oxygen atoms in total. The molecular formula is C67H100N12O12S2. The monoisotopic (exact) mass is 1330 g/mol. The molecule has 93 heavy (non-hydrogen) atoms. The lowest BCUT2D eigenvalue weighted by molar-refractivity contribution is -0.149. The Morgan fingerprint density at radius 3 is 1.86 bits per heavy atom. The van der Waals surface area contributed by atoms with Crippen LogP contribution < -0.4 is 21.3 Å². The fourth-order valence-corrected chi connectivity index (χ4v) is 13.1. The summed E-state index contributed by atoms with van der Waals surface area (Å²) in [6, 6.07) is 10.2. The van der Waals surface area contributed by atoms with Gasteiger partial charge in [-0.2, -0.15) is 23.5 Å². The van der Waals surface area contributed by atoms with E-state index in [2.05, 4.69) is 31.3 Å². The average molecular weight is 1330 g/mol. The number of hydrogen-bond donors (Lipinski definition) is 4. The van der Waals surface area contributed by atoms with Crippen molar-refractivity contribution in [3.63, 3.8) is 0 Å². The Balaban J connectivity index is 1.22. The number of nitrogens with one attached hydrogen (secondary N) is 4. The molecule has 0 unspecified atom stereocenters. The molecular weight excluding hydrogens is 1230 g/mol. The zero-order valence-electron chi connectivity index (χ0n) is 56.9. The number of likely N-dealkylation sites (tertiary alicyclic amines) is 1. The van der Waals surface area contributed by atoms with E-state index in [0.717, 1.165) is 22.7 Å². The van der Waals surface area contributed by atoms with E-state index < -0.39 is 65.7 Å². The van der Waals surface area contributed by atoms with E-state index in [1.54, 1.807) is 96.9 Å². The molecule has 3 aromatic rings. The van der Waals surface area contributed by atoms with Crippen molar-refractivity contribution in [3.05, 3.63) is 81.0 Å². The number of methoxy groups -OCH3 is 2. The number of thioether (sulfide) groups is 2. The number of amides is 6. The molecule has 1 saturated heterocycles. The van der Waals surface area contributed by atoms with Crippen LogP contribution in [0.1, 0.15) is 139 Å². The summed E-state index contributed by atoms with van der Waals surface area (Å²) in [7, 11) is 8.54. The molecule has 0 saturated carbocycles. The molecule has 6 amide bonds. The van der Waals surface area contributed by atoms with Crippen LogP contribution in [-0.4, -0.2) is 200 Å². The molecule has 4 N–H and O–H groups in total. The molecule has 1 aliphatic rings. The summed E-state index contributed by atoms with van der Waals surface area (Å²) < 4.78 is 12.1. The van der Waals surface area contributed by atoms with E-state index in [4.69, 9.17) is 19.4 Å². The topological polar surface area (TPSA) is 322 Å². The standard InChI is InChI=1S/C67H100N12O12S2/c1-15-42(6)63(78(10)67(89)51(40(2)3)32-57(83)62(41(4)5)77(8)9)58(90-11)33-61(86)79-28-16-17-56(79)64(91-12)43(7)65(87)73-47(34-72-76-68)29-44-18-20-45(21-19-44)30-50(82)37-70-60(85)26-23-48(80)35-69-59(84)27-24-49(81)36-71-66(88)46-22-25-52-53(31-46)75-55(39-93-14)54(74-52)38-92-13/h18-22,25,31,40-43,47,51,56,58,62-64H,15-17,23-24,26-30,32-39H2,1-14H3,(H,69,84)(H,70,85)(H,71,88)(H,73,87)/t42-,43+,47-,51-,56-,58+,62-,63-,64+/m0/s1. The number of carbonyl (C=O) groups is 10. The molecule has 26 heteroatoms. The number of Topliss-reactive ketones (excluding diaryl/α,β-unsaturated/α-hetero) is 4. The van der Waals surface area contributed by atoms with E-state index in [1.165, 1.54) is 7.11 Å². The van der Waals surface area contributed by atoms with Crippen LogP contribution in [0.5, 0.6) is 0 Å². The van der Waals surface area contributed by atoms with Crippen LogP contribution in [0.25, 0.3) is 21.5 Å². The predicted molar refractivity (Wildman–Crippen MR) is 362 cm³/mol. The van der Waals surface area contributed by atoms with Crippen LogP contribution in [0.2, 0.25) is 0 Å². The zero-order chi connectivity index (χ0) is 69.1. The second-order valence-electron chi connectivity index (χ2n) is 25.1. The third kappa shape index (κ3) is 24.5. The third-order valence-electron chi connectivity index (χ3n) is 17.3. The lowest BCUT2D eigenvalue weighted by atomic mass is 9.83. The fraction of sp³-hybridized carbons (Fsp3) is 0.642. The van der Waals surface area contributed by atoms with Crippen LogP contribution in [0.15, 0.2) is 47.6 Å². The van der Waals surface area contributed by atoms with Crippen LogP contribution in [0.3, 0.4) is 0 Å². The first-order valence-electron chi connectivity index (χ1n) is 32.1. The minimum atomic E-state index is -0.750. The van der Waals surface area contributed by atoms with Crippen molar-refractivity contribution in [1.82, 2.24) is 45.9 Å². The van der Waals surface area contributed by atoms with Crippen molar-refractivity contribution in [2.24, 2.45) is 34.7 Å². The molecule has 0 bridgehead atoms. The molecule has 0 aliphatic carbocycles. The van der Waals surface area contributed by atoms with Crippen molar-refractivity contribution in [3.8, 4) is 0 Å². The Hall–Kier alpha value is -6.83.